The van der Waals surface area contributed by atoms with Crippen molar-refractivity contribution in [3.05, 3.63) is 40.3 Å². The topological polar surface area (TPSA) is 70.1 Å². The lowest BCUT2D eigenvalue weighted by Gasteiger charge is -2.13. The lowest BCUT2D eigenvalue weighted by molar-refractivity contribution is 0.0596. The molecule has 0 atom stereocenters. The molecule has 0 spiro atoms. The van der Waals surface area contributed by atoms with Gasteiger partial charge in [-0.05, 0) is 18.6 Å². The lowest BCUT2D eigenvalue weighted by atomic mass is 10.2. The van der Waals surface area contributed by atoms with E-state index >= 15 is 0 Å². The number of anilines is 1. The van der Waals surface area contributed by atoms with Gasteiger partial charge >= 0.3 is 5.97 Å². The summed E-state index contributed by atoms with van der Waals surface area (Å²) in [6.07, 6.45) is 0.617. The van der Waals surface area contributed by atoms with Crippen LogP contribution in [0, 0.1) is 6.92 Å². The van der Waals surface area contributed by atoms with Crippen molar-refractivity contribution < 1.29 is 9.53 Å². The average molecular weight is 294 g/mol. The maximum absolute atomic E-state index is 11.7. The zero-order valence-corrected chi connectivity index (χ0v) is 12.4. The second-order valence-electron chi connectivity index (χ2n) is 4.35. The van der Waals surface area contributed by atoms with Crippen LogP contribution in [-0.2, 0) is 11.2 Å². The Bertz CT molecular complexity index is 644. The highest BCUT2D eigenvalue weighted by Crippen LogP contribution is 2.29. The molecule has 0 unspecified atom stereocenters. The quantitative estimate of drug-likeness (QED) is 0.883. The van der Waals surface area contributed by atoms with E-state index in [1.165, 1.54) is 7.11 Å². The van der Waals surface area contributed by atoms with Crippen LogP contribution in [-0.4, -0.2) is 22.6 Å². The van der Waals surface area contributed by atoms with Gasteiger partial charge in [0.25, 0.3) is 0 Å². The molecule has 0 bridgehead atoms. The second-order valence-corrected chi connectivity index (χ2v) is 4.75. The summed E-state index contributed by atoms with van der Waals surface area (Å²) in [5.74, 6) is 0.352. The van der Waals surface area contributed by atoms with E-state index in [0.29, 0.717) is 17.3 Å². The second kappa shape index (κ2) is 5.54. The van der Waals surface area contributed by atoms with E-state index in [4.69, 9.17) is 22.1 Å². The fourth-order valence-electron chi connectivity index (χ4n) is 2.12. The van der Waals surface area contributed by atoms with Gasteiger partial charge in [-0.25, -0.2) is 9.78 Å². The summed E-state index contributed by atoms with van der Waals surface area (Å²) in [6, 6.07) is 5.57. The highest BCUT2D eigenvalue weighted by Gasteiger charge is 2.23. The summed E-state index contributed by atoms with van der Waals surface area (Å²) in [6.45, 7) is 3.86. The Morgan fingerprint density at radius 1 is 1.50 bits per heavy atom. The Labute approximate surface area is 122 Å². The number of aryl methyl sites for hydroxylation is 2. The summed E-state index contributed by atoms with van der Waals surface area (Å²) in [5, 5.41) is 0.556. The molecule has 0 aliphatic heterocycles. The summed E-state index contributed by atoms with van der Waals surface area (Å²) in [7, 11) is 1.30. The molecule has 0 saturated carbocycles. The minimum Gasteiger partial charge on any atom is -0.464 e. The van der Waals surface area contributed by atoms with E-state index in [1.807, 2.05) is 26.0 Å². The third-order valence-corrected chi connectivity index (χ3v) is 3.39. The summed E-state index contributed by atoms with van der Waals surface area (Å²) in [5.41, 5.74) is 7.87. The van der Waals surface area contributed by atoms with Crippen molar-refractivity contribution in [1.82, 2.24) is 9.55 Å². The molecular weight excluding hydrogens is 278 g/mol. The predicted molar refractivity (Wildman–Crippen MR) is 78.4 cm³/mol. The zero-order valence-electron chi connectivity index (χ0n) is 11.6. The minimum atomic E-state index is -0.555. The minimum absolute atomic E-state index is 0.115. The number of carbonyl (C=O) groups is 1. The van der Waals surface area contributed by atoms with Gasteiger partial charge in [-0.1, -0.05) is 30.7 Å². The van der Waals surface area contributed by atoms with Gasteiger partial charge in [-0.2, -0.15) is 0 Å². The number of aromatic nitrogens is 2. The molecule has 5 nitrogen and oxygen atoms in total. The predicted octanol–water partition coefficient (Wildman–Crippen LogP) is 2.77. The lowest BCUT2D eigenvalue weighted by Crippen LogP contribution is -2.09. The first-order chi connectivity index (χ1) is 9.51. The number of imidazole rings is 1. The SMILES string of the molecule is CCc1nc(C(=O)OC)c(N)n1-c1c(C)cccc1Cl. The summed E-state index contributed by atoms with van der Waals surface area (Å²) in [4.78, 5) is 16.0. The molecule has 0 saturated heterocycles. The Morgan fingerprint density at radius 2 is 2.20 bits per heavy atom. The van der Waals surface area contributed by atoms with E-state index in [9.17, 15) is 4.79 Å². The number of nitrogens with zero attached hydrogens (tertiary/aromatic N) is 2. The summed E-state index contributed by atoms with van der Waals surface area (Å²) < 4.78 is 6.41. The Hall–Kier alpha value is -2.01. The monoisotopic (exact) mass is 293 g/mol. The molecule has 2 aromatic rings. The molecule has 20 heavy (non-hydrogen) atoms. The average Bonchev–Trinajstić information content (AvgIpc) is 2.75. The van der Waals surface area contributed by atoms with E-state index in [2.05, 4.69) is 4.98 Å². The zero-order chi connectivity index (χ0) is 14.9. The molecular formula is C14H16ClN3O2. The first kappa shape index (κ1) is 14.4. The summed E-state index contributed by atoms with van der Waals surface area (Å²) >= 11 is 6.27. The third kappa shape index (κ3) is 2.25. The first-order valence-electron chi connectivity index (χ1n) is 6.22. The van der Waals surface area contributed by atoms with Gasteiger partial charge in [0.2, 0.25) is 0 Å². The molecule has 2 N–H and O–H groups in total. The number of hydrogen-bond acceptors (Lipinski definition) is 4. The number of benzene rings is 1. The third-order valence-electron chi connectivity index (χ3n) is 3.09. The molecule has 1 heterocycles. The highest BCUT2D eigenvalue weighted by molar-refractivity contribution is 6.32. The Morgan fingerprint density at radius 3 is 2.75 bits per heavy atom. The van der Waals surface area contributed by atoms with Crippen LogP contribution in [0.5, 0.6) is 0 Å². The molecule has 1 aromatic carbocycles. The Balaban J connectivity index is 2.74. The molecule has 2 rings (SSSR count). The normalized spacial score (nSPS) is 10.6. The standard InChI is InChI=1S/C14H16ClN3O2/c1-4-10-17-11(14(19)20-3)13(16)18(10)12-8(2)6-5-7-9(12)15/h5-7H,4,16H2,1-3H3. The van der Waals surface area contributed by atoms with Gasteiger partial charge in [-0.15, -0.1) is 0 Å². The number of methoxy groups -OCH3 is 1. The number of para-hydroxylation sites is 1. The van der Waals surface area contributed by atoms with Crippen molar-refractivity contribution in [3.63, 3.8) is 0 Å². The van der Waals surface area contributed by atoms with Gasteiger partial charge in [0, 0.05) is 6.42 Å². The number of hydrogen-bond donors (Lipinski definition) is 1. The van der Waals surface area contributed by atoms with Gasteiger partial charge in [0.15, 0.2) is 5.69 Å². The molecule has 0 aliphatic carbocycles. The van der Waals surface area contributed by atoms with Gasteiger partial charge in [-0.3, -0.25) is 4.57 Å². The van der Waals surface area contributed by atoms with Crippen LogP contribution in [0.15, 0.2) is 18.2 Å². The molecule has 0 aliphatic rings. The number of carbonyl (C=O) groups excluding carboxylic acids is 1. The smallest absolute Gasteiger partial charge is 0.360 e. The van der Waals surface area contributed by atoms with Crippen molar-refractivity contribution in [2.75, 3.05) is 12.8 Å². The van der Waals surface area contributed by atoms with E-state index in [0.717, 1.165) is 11.3 Å². The number of nitrogen functional groups attached to an aromatic ring is 1. The van der Waals surface area contributed by atoms with Gasteiger partial charge < -0.3 is 10.5 Å². The molecule has 0 amide bonds. The maximum Gasteiger partial charge on any atom is 0.360 e. The molecule has 6 heteroatoms. The number of ether oxygens (including phenoxy) is 1. The van der Waals surface area contributed by atoms with Crippen molar-refractivity contribution in [1.29, 1.82) is 0 Å². The largest absolute Gasteiger partial charge is 0.464 e. The van der Waals surface area contributed by atoms with Crippen molar-refractivity contribution in [2.45, 2.75) is 20.3 Å². The molecule has 0 fully saturated rings. The van der Waals surface area contributed by atoms with Crippen molar-refractivity contribution in [2.24, 2.45) is 0 Å². The fourth-order valence-corrected chi connectivity index (χ4v) is 2.43. The van der Waals surface area contributed by atoms with Crippen LogP contribution in [0.2, 0.25) is 5.02 Å². The van der Waals surface area contributed by atoms with Gasteiger partial charge in [0.1, 0.15) is 11.6 Å². The Kier molecular flexibility index (Phi) is 3.99. The van der Waals surface area contributed by atoms with E-state index < -0.39 is 5.97 Å². The number of esters is 1. The van der Waals surface area contributed by atoms with Crippen LogP contribution in [0.25, 0.3) is 5.69 Å². The van der Waals surface area contributed by atoms with Crippen LogP contribution in [0.4, 0.5) is 5.82 Å². The van der Waals surface area contributed by atoms with Crippen LogP contribution in [0.3, 0.4) is 0 Å². The molecule has 106 valence electrons. The van der Waals surface area contributed by atoms with E-state index in [-0.39, 0.29) is 11.5 Å². The van der Waals surface area contributed by atoms with Crippen LogP contribution < -0.4 is 5.73 Å². The highest BCUT2D eigenvalue weighted by atomic mass is 35.5. The fraction of sp³-hybridized carbons (Fsp3) is 0.286. The van der Waals surface area contributed by atoms with Crippen LogP contribution >= 0.6 is 11.6 Å². The van der Waals surface area contributed by atoms with Gasteiger partial charge in [0.05, 0.1) is 17.8 Å². The molecule has 1 aromatic heterocycles. The van der Waals surface area contributed by atoms with Crippen molar-refractivity contribution >= 4 is 23.4 Å². The number of rotatable bonds is 3. The van der Waals surface area contributed by atoms with Crippen molar-refractivity contribution in [3.8, 4) is 5.69 Å². The number of nitrogens with two attached hydrogens (primary N) is 1. The number of halogens is 1. The molecule has 0 radical (unpaired) electrons. The first-order valence-corrected chi connectivity index (χ1v) is 6.59. The van der Waals surface area contributed by atoms with E-state index in [1.54, 1.807) is 10.6 Å². The maximum atomic E-state index is 11.7. The van der Waals surface area contributed by atoms with Crippen LogP contribution in [0.1, 0.15) is 28.8 Å².